The molecule has 184 valence electrons. The van der Waals surface area contributed by atoms with Crippen LogP contribution in [0.3, 0.4) is 0 Å². The van der Waals surface area contributed by atoms with E-state index in [0.717, 1.165) is 35.2 Å². The zero-order valence-electron chi connectivity index (χ0n) is 20.8. The second-order valence-electron chi connectivity index (χ2n) is 9.45. The van der Waals surface area contributed by atoms with Crippen LogP contribution in [0.25, 0.3) is 11.0 Å². The standard InChI is InChI=1S/C26H34N8O/c1-17(2)19-10-26(33-30-14-19)32-25-6-5-23-24(31-25)9-20(13-29-23)21(11-27)12-28-7-8-35-22-15-34(16-22)18(3)4/h5-6,9-14,17-18,21-22,27H,7-8,15-16H2,1-4H3,(H,31,32,33). The maximum absolute atomic E-state index is 7.87. The molecule has 3 aromatic heterocycles. The van der Waals surface area contributed by atoms with Gasteiger partial charge in [-0.15, -0.1) is 5.10 Å². The summed E-state index contributed by atoms with van der Waals surface area (Å²) in [6.07, 6.45) is 7.02. The SMILES string of the molecule is CC(C)c1cnnc(Nc2ccc3ncc(C(C=N)C=NCCOC4CN(C(C)C)C4)cc3n2)c1. The Bertz CT molecular complexity index is 1170. The van der Waals surface area contributed by atoms with Crippen molar-refractivity contribution in [3.63, 3.8) is 0 Å². The molecule has 1 saturated heterocycles. The van der Waals surface area contributed by atoms with Gasteiger partial charge in [-0.05, 0) is 55.2 Å². The van der Waals surface area contributed by atoms with Crippen LogP contribution in [0.2, 0.25) is 0 Å². The second kappa shape index (κ2) is 11.4. The Morgan fingerprint density at radius 3 is 2.69 bits per heavy atom. The Labute approximate surface area is 206 Å². The van der Waals surface area contributed by atoms with Crippen LogP contribution >= 0.6 is 0 Å². The first-order valence-electron chi connectivity index (χ1n) is 12.2. The summed E-state index contributed by atoms with van der Waals surface area (Å²) in [4.78, 5) is 16.1. The predicted molar refractivity (Wildman–Crippen MR) is 140 cm³/mol. The average molecular weight is 475 g/mol. The summed E-state index contributed by atoms with van der Waals surface area (Å²) in [7, 11) is 0. The third-order valence-corrected chi connectivity index (χ3v) is 6.17. The number of hydrogen-bond acceptors (Lipinski definition) is 9. The number of anilines is 2. The number of hydrogen-bond donors (Lipinski definition) is 2. The predicted octanol–water partition coefficient (Wildman–Crippen LogP) is 4.20. The molecule has 9 heteroatoms. The van der Waals surface area contributed by atoms with Crippen LogP contribution in [0.5, 0.6) is 0 Å². The molecule has 0 saturated carbocycles. The van der Waals surface area contributed by atoms with Gasteiger partial charge in [-0.25, -0.2) is 4.98 Å². The summed E-state index contributed by atoms with van der Waals surface area (Å²) < 4.78 is 5.87. The van der Waals surface area contributed by atoms with Gasteiger partial charge in [0.2, 0.25) is 0 Å². The van der Waals surface area contributed by atoms with E-state index in [-0.39, 0.29) is 5.92 Å². The molecular formula is C26H34N8O. The van der Waals surface area contributed by atoms with E-state index in [1.807, 2.05) is 24.3 Å². The van der Waals surface area contributed by atoms with E-state index in [1.54, 1.807) is 18.6 Å². The van der Waals surface area contributed by atoms with Crippen LogP contribution in [0, 0.1) is 5.41 Å². The van der Waals surface area contributed by atoms with Crippen LogP contribution in [0.4, 0.5) is 11.6 Å². The van der Waals surface area contributed by atoms with Crippen molar-refractivity contribution in [3.8, 4) is 0 Å². The Hall–Kier alpha value is -3.30. The van der Waals surface area contributed by atoms with E-state index in [9.17, 15) is 0 Å². The van der Waals surface area contributed by atoms with E-state index < -0.39 is 0 Å². The number of nitrogens with zero attached hydrogens (tertiary/aromatic N) is 6. The first-order chi connectivity index (χ1) is 16.9. The van der Waals surface area contributed by atoms with E-state index >= 15 is 0 Å². The fourth-order valence-electron chi connectivity index (χ4n) is 3.85. The van der Waals surface area contributed by atoms with Crippen molar-refractivity contribution < 1.29 is 4.74 Å². The largest absolute Gasteiger partial charge is 0.374 e. The van der Waals surface area contributed by atoms with Gasteiger partial charge < -0.3 is 15.5 Å². The minimum Gasteiger partial charge on any atom is -0.374 e. The van der Waals surface area contributed by atoms with Crippen LogP contribution in [-0.2, 0) is 4.74 Å². The number of nitrogens with one attached hydrogen (secondary N) is 2. The van der Waals surface area contributed by atoms with Gasteiger partial charge in [-0.1, -0.05) is 13.8 Å². The molecule has 0 radical (unpaired) electrons. The van der Waals surface area contributed by atoms with Gasteiger partial charge in [-0.2, -0.15) is 5.10 Å². The van der Waals surface area contributed by atoms with Gasteiger partial charge >= 0.3 is 0 Å². The van der Waals surface area contributed by atoms with Crippen LogP contribution in [-0.4, -0.2) is 75.9 Å². The van der Waals surface area contributed by atoms with Gasteiger partial charge in [0.05, 0.1) is 42.4 Å². The molecule has 0 aromatic carbocycles. The minimum atomic E-state index is -0.265. The summed E-state index contributed by atoms with van der Waals surface area (Å²) in [6.45, 7) is 11.8. The summed E-state index contributed by atoms with van der Waals surface area (Å²) in [5, 5.41) is 19.3. The molecule has 1 aliphatic rings. The molecule has 4 rings (SSSR count). The highest BCUT2D eigenvalue weighted by molar-refractivity contribution is 5.90. The Balaban J connectivity index is 1.37. The minimum absolute atomic E-state index is 0.265. The molecule has 4 heterocycles. The van der Waals surface area contributed by atoms with Crippen molar-refractivity contribution in [1.82, 2.24) is 25.1 Å². The first kappa shape index (κ1) is 24.8. The number of likely N-dealkylation sites (tertiary alicyclic amines) is 1. The number of pyridine rings is 2. The lowest BCUT2D eigenvalue weighted by atomic mass is 10.0. The van der Waals surface area contributed by atoms with Crippen LogP contribution in [0.1, 0.15) is 50.7 Å². The van der Waals surface area contributed by atoms with E-state index in [0.29, 0.717) is 42.9 Å². The molecule has 3 aromatic rings. The quantitative estimate of drug-likeness (QED) is 0.316. The highest BCUT2D eigenvalue weighted by Crippen LogP contribution is 2.22. The summed E-state index contributed by atoms with van der Waals surface area (Å²) in [5.74, 6) is 1.41. The molecule has 0 bridgehead atoms. The molecule has 1 aliphatic heterocycles. The van der Waals surface area contributed by atoms with Gasteiger partial charge in [0.25, 0.3) is 0 Å². The molecule has 9 nitrogen and oxygen atoms in total. The fourth-order valence-corrected chi connectivity index (χ4v) is 3.85. The van der Waals surface area contributed by atoms with Crippen molar-refractivity contribution in [2.24, 2.45) is 4.99 Å². The Kier molecular flexibility index (Phi) is 8.09. The van der Waals surface area contributed by atoms with Gasteiger partial charge in [0.15, 0.2) is 5.82 Å². The van der Waals surface area contributed by atoms with Crippen molar-refractivity contribution in [2.75, 3.05) is 31.6 Å². The normalized spacial score (nSPS) is 15.7. The molecule has 1 unspecified atom stereocenters. The molecule has 0 amide bonds. The van der Waals surface area contributed by atoms with Crippen LogP contribution < -0.4 is 5.32 Å². The van der Waals surface area contributed by atoms with Crippen molar-refractivity contribution in [1.29, 1.82) is 5.41 Å². The van der Waals surface area contributed by atoms with Gasteiger partial charge in [0.1, 0.15) is 5.82 Å². The number of aromatic nitrogens is 4. The van der Waals surface area contributed by atoms with E-state index in [2.05, 4.69) is 58.1 Å². The third kappa shape index (κ3) is 6.43. The molecule has 2 N–H and O–H groups in total. The summed E-state index contributed by atoms with van der Waals surface area (Å²) >= 11 is 0. The highest BCUT2D eigenvalue weighted by atomic mass is 16.5. The highest BCUT2D eigenvalue weighted by Gasteiger charge is 2.28. The lowest BCUT2D eigenvalue weighted by molar-refractivity contribution is -0.0635. The monoisotopic (exact) mass is 474 g/mol. The Morgan fingerprint density at radius 1 is 1.11 bits per heavy atom. The lowest BCUT2D eigenvalue weighted by Crippen LogP contribution is -2.55. The smallest absolute Gasteiger partial charge is 0.154 e. The fraction of sp³-hybridized carbons (Fsp3) is 0.462. The summed E-state index contributed by atoms with van der Waals surface area (Å²) in [5.41, 5.74) is 3.50. The van der Waals surface area contributed by atoms with E-state index in [4.69, 9.17) is 15.1 Å². The second-order valence-corrected chi connectivity index (χ2v) is 9.45. The maximum atomic E-state index is 7.87. The number of aliphatic imine (C=N–C) groups is 1. The number of fused-ring (bicyclic) bond motifs is 1. The summed E-state index contributed by atoms with van der Waals surface area (Å²) in [6, 6.07) is 8.30. The van der Waals surface area contributed by atoms with Crippen molar-refractivity contribution in [3.05, 3.63) is 47.8 Å². The van der Waals surface area contributed by atoms with Gasteiger partial charge in [-0.3, -0.25) is 14.9 Å². The Morgan fingerprint density at radius 2 is 1.94 bits per heavy atom. The molecular weight excluding hydrogens is 440 g/mol. The molecule has 35 heavy (non-hydrogen) atoms. The maximum Gasteiger partial charge on any atom is 0.154 e. The zero-order chi connectivity index (χ0) is 24.8. The number of rotatable bonds is 11. The topological polar surface area (TPSA) is 112 Å². The first-order valence-corrected chi connectivity index (χ1v) is 12.2. The van der Waals surface area contributed by atoms with Crippen LogP contribution in [0.15, 0.2) is 41.7 Å². The number of ether oxygens (including phenoxy) is 1. The zero-order valence-corrected chi connectivity index (χ0v) is 20.8. The van der Waals surface area contributed by atoms with Gasteiger partial charge in [0, 0.05) is 37.8 Å². The molecule has 1 fully saturated rings. The van der Waals surface area contributed by atoms with E-state index in [1.165, 1.54) is 6.21 Å². The molecule has 1 atom stereocenters. The lowest BCUT2D eigenvalue weighted by Gasteiger charge is -2.41. The molecule has 0 spiro atoms. The molecule has 0 aliphatic carbocycles. The van der Waals surface area contributed by atoms with Crippen molar-refractivity contribution >= 4 is 35.1 Å². The average Bonchev–Trinajstić information content (AvgIpc) is 2.82. The van der Waals surface area contributed by atoms with Crippen molar-refractivity contribution in [2.45, 2.75) is 51.7 Å². The third-order valence-electron chi connectivity index (χ3n) is 6.17.